The van der Waals surface area contributed by atoms with Crippen LogP contribution in [0, 0.1) is 9.54 Å². The van der Waals surface area contributed by atoms with Gasteiger partial charge in [0.2, 0.25) is 0 Å². The Hall–Kier alpha value is -1.92. The predicted molar refractivity (Wildman–Crippen MR) is 103 cm³/mol. The number of aryl methyl sites for hydroxylation is 2. The average Bonchev–Trinajstić information content (AvgIpc) is 3.11. The Balaban J connectivity index is 1.81. The molecule has 0 radical (unpaired) electrons. The fraction of sp³-hybridized carbons (Fsp3) is 0.333. The second kappa shape index (κ2) is 7.32. The number of hydrogen-bond acceptors (Lipinski definition) is 2. The minimum absolute atomic E-state index is 0.793. The molecule has 4 nitrogen and oxygen atoms in total. The minimum atomic E-state index is 0.793. The van der Waals surface area contributed by atoms with E-state index in [0.717, 1.165) is 35.7 Å². The maximum atomic E-state index is 5.50. The lowest BCUT2D eigenvalue weighted by Gasteiger charge is -2.08. The van der Waals surface area contributed by atoms with Gasteiger partial charge in [0.1, 0.15) is 0 Å². The fourth-order valence-electron chi connectivity index (χ4n) is 2.85. The lowest BCUT2D eigenvalue weighted by atomic mass is 10.1. The van der Waals surface area contributed by atoms with Gasteiger partial charge in [0, 0.05) is 51.0 Å². The van der Waals surface area contributed by atoms with Crippen LogP contribution >= 0.6 is 24.4 Å². The number of rotatable bonds is 6. The molecule has 24 heavy (non-hydrogen) atoms. The molecule has 126 valence electrons. The van der Waals surface area contributed by atoms with Crippen molar-refractivity contribution in [3.63, 3.8) is 0 Å². The normalized spacial score (nSPS) is 11.1. The third kappa shape index (κ3) is 3.44. The molecule has 3 rings (SSSR count). The summed E-state index contributed by atoms with van der Waals surface area (Å²) in [6.45, 7) is 7.60. The zero-order valence-corrected chi connectivity index (χ0v) is 15.7. The van der Waals surface area contributed by atoms with Crippen LogP contribution in [0.2, 0.25) is 0 Å². The maximum Gasteiger partial charge on any atom is 0.180 e. The molecule has 0 aliphatic heterocycles. The molecular formula is C18H22N4S2. The van der Waals surface area contributed by atoms with E-state index in [9.17, 15) is 0 Å². The fourth-order valence-corrected chi connectivity index (χ4v) is 3.48. The molecule has 6 heteroatoms. The van der Waals surface area contributed by atoms with E-state index in [-0.39, 0.29) is 0 Å². The summed E-state index contributed by atoms with van der Waals surface area (Å²) in [7, 11) is 0. The standard InChI is InChI=1S/C18H22N4S2/c1-3-19-8-10-21(17(19)23)13-15-6-5-7-16(12-15)14-22-11-9-20(4-2)18(22)24/h5-12H,3-4,13-14H2,1-2H3. The molecule has 2 aromatic heterocycles. The van der Waals surface area contributed by atoms with Crippen molar-refractivity contribution < 1.29 is 0 Å². The Bertz CT molecular complexity index is 869. The Morgan fingerprint density at radius 2 is 1.12 bits per heavy atom. The first-order valence-electron chi connectivity index (χ1n) is 8.21. The van der Waals surface area contributed by atoms with Crippen LogP contribution in [0.1, 0.15) is 25.0 Å². The van der Waals surface area contributed by atoms with Crippen molar-refractivity contribution in [3.8, 4) is 0 Å². The van der Waals surface area contributed by atoms with Crippen LogP contribution in [0.15, 0.2) is 49.1 Å². The Morgan fingerprint density at radius 1 is 0.708 bits per heavy atom. The van der Waals surface area contributed by atoms with Crippen LogP contribution in [0.5, 0.6) is 0 Å². The summed E-state index contributed by atoms with van der Waals surface area (Å²) >= 11 is 11.0. The van der Waals surface area contributed by atoms with E-state index >= 15 is 0 Å². The van der Waals surface area contributed by atoms with Gasteiger partial charge in [-0.05, 0) is 49.4 Å². The highest BCUT2D eigenvalue weighted by Gasteiger charge is 2.03. The Morgan fingerprint density at radius 3 is 1.50 bits per heavy atom. The Kier molecular flexibility index (Phi) is 5.16. The number of benzene rings is 1. The molecule has 0 aliphatic carbocycles. The lowest BCUT2D eigenvalue weighted by molar-refractivity contribution is 0.689. The van der Waals surface area contributed by atoms with Gasteiger partial charge in [-0.15, -0.1) is 0 Å². The molecule has 0 N–H and O–H groups in total. The summed E-state index contributed by atoms with van der Waals surface area (Å²) in [5.74, 6) is 0. The van der Waals surface area contributed by atoms with Gasteiger partial charge in [-0.3, -0.25) is 0 Å². The van der Waals surface area contributed by atoms with Crippen LogP contribution in [0.4, 0.5) is 0 Å². The SMILES string of the molecule is CCn1ccn(Cc2cccc(Cn3ccn(CC)c3=S)c2)c1=S. The molecule has 1 aromatic carbocycles. The number of aromatic nitrogens is 4. The van der Waals surface area contributed by atoms with Gasteiger partial charge in [0.05, 0.1) is 0 Å². The summed E-state index contributed by atoms with van der Waals surface area (Å²) in [6, 6.07) is 8.62. The highest BCUT2D eigenvalue weighted by atomic mass is 32.1. The van der Waals surface area contributed by atoms with Gasteiger partial charge >= 0.3 is 0 Å². The zero-order valence-electron chi connectivity index (χ0n) is 14.1. The second-order valence-electron chi connectivity index (χ2n) is 5.81. The van der Waals surface area contributed by atoms with Crippen molar-refractivity contribution in [1.82, 2.24) is 18.3 Å². The van der Waals surface area contributed by atoms with E-state index in [1.165, 1.54) is 11.1 Å². The van der Waals surface area contributed by atoms with Gasteiger partial charge in [-0.2, -0.15) is 0 Å². The van der Waals surface area contributed by atoms with Gasteiger partial charge < -0.3 is 18.3 Å². The van der Waals surface area contributed by atoms with E-state index in [1.54, 1.807) is 0 Å². The number of nitrogens with zero attached hydrogens (tertiary/aromatic N) is 4. The summed E-state index contributed by atoms with van der Waals surface area (Å²) in [6.07, 6.45) is 8.18. The molecule has 0 spiro atoms. The third-order valence-corrected chi connectivity index (χ3v) is 5.15. The second-order valence-corrected chi connectivity index (χ2v) is 6.54. The lowest BCUT2D eigenvalue weighted by Crippen LogP contribution is -2.04. The highest BCUT2D eigenvalue weighted by molar-refractivity contribution is 7.71. The first kappa shape index (κ1) is 16.9. The van der Waals surface area contributed by atoms with E-state index in [1.807, 2.05) is 12.4 Å². The van der Waals surface area contributed by atoms with Crippen LogP contribution < -0.4 is 0 Å². The van der Waals surface area contributed by atoms with Crippen molar-refractivity contribution in [1.29, 1.82) is 0 Å². The van der Waals surface area contributed by atoms with Crippen molar-refractivity contribution in [2.45, 2.75) is 40.0 Å². The molecule has 0 saturated carbocycles. The monoisotopic (exact) mass is 358 g/mol. The quantitative estimate of drug-likeness (QED) is 0.605. The number of hydrogen-bond donors (Lipinski definition) is 0. The molecule has 0 atom stereocenters. The highest BCUT2D eigenvalue weighted by Crippen LogP contribution is 2.11. The maximum absolute atomic E-state index is 5.50. The van der Waals surface area contributed by atoms with Crippen molar-refractivity contribution >= 4 is 24.4 Å². The predicted octanol–water partition coefficient (Wildman–Crippen LogP) is 4.49. The molecule has 3 aromatic rings. The Labute approximate surface area is 152 Å². The van der Waals surface area contributed by atoms with Crippen LogP contribution in [-0.2, 0) is 26.2 Å². The third-order valence-electron chi connectivity index (χ3n) is 4.21. The van der Waals surface area contributed by atoms with E-state index < -0.39 is 0 Å². The first-order chi connectivity index (χ1) is 11.6. The minimum Gasteiger partial charge on any atom is -0.324 e. The van der Waals surface area contributed by atoms with E-state index in [2.05, 4.69) is 68.8 Å². The van der Waals surface area contributed by atoms with Crippen LogP contribution in [-0.4, -0.2) is 18.3 Å². The summed E-state index contributed by atoms with van der Waals surface area (Å²) in [5, 5.41) is 0. The molecule has 2 heterocycles. The molecule has 0 fully saturated rings. The summed E-state index contributed by atoms with van der Waals surface area (Å²) in [4.78, 5) is 0. The molecule has 0 unspecified atom stereocenters. The van der Waals surface area contributed by atoms with Gasteiger partial charge in [0.25, 0.3) is 0 Å². The van der Waals surface area contributed by atoms with Gasteiger partial charge in [-0.1, -0.05) is 24.3 Å². The molecule has 0 aliphatic rings. The summed E-state index contributed by atoms with van der Waals surface area (Å²) in [5.41, 5.74) is 2.50. The van der Waals surface area contributed by atoms with E-state index in [0.29, 0.717) is 0 Å². The molecule has 0 saturated heterocycles. The van der Waals surface area contributed by atoms with Gasteiger partial charge in [0.15, 0.2) is 9.54 Å². The van der Waals surface area contributed by atoms with Crippen molar-refractivity contribution in [2.24, 2.45) is 0 Å². The largest absolute Gasteiger partial charge is 0.324 e. The average molecular weight is 359 g/mol. The number of imidazole rings is 2. The topological polar surface area (TPSA) is 19.7 Å². The molecule has 0 amide bonds. The molecular weight excluding hydrogens is 336 g/mol. The van der Waals surface area contributed by atoms with Gasteiger partial charge in [-0.25, -0.2) is 0 Å². The molecule has 0 bridgehead atoms. The van der Waals surface area contributed by atoms with Crippen molar-refractivity contribution in [3.05, 3.63) is 69.7 Å². The van der Waals surface area contributed by atoms with Crippen LogP contribution in [0.25, 0.3) is 0 Å². The van der Waals surface area contributed by atoms with Crippen molar-refractivity contribution in [2.75, 3.05) is 0 Å². The van der Waals surface area contributed by atoms with Crippen LogP contribution in [0.3, 0.4) is 0 Å². The summed E-state index contributed by atoms with van der Waals surface area (Å²) < 4.78 is 10.1. The zero-order chi connectivity index (χ0) is 17.1. The van der Waals surface area contributed by atoms with E-state index in [4.69, 9.17) is 24.4 Å². The smallest absolute Gasteiger partial charge is 0.180 e. The first-order valence-corrected chi connectivity index (χ1v) is 9.03.